The maximum atomic E-state index is 13.1. The number of imidazole rings is 1. The van der Waals surface area contributed by atoms with E-state index in [2.05, 4.69) is 4.98 Å². The van der Waals surface area contributed by atoms with E-state index < -0.39 is 0 Å². The first-order valence-corrected chi connectivity index (χ1v) is 7.14. The first-order chi connectivity index (χ1) is 10.2. The lowest BCUT2D eigenvalue weighted by Crippen LogP contribution is -2.02. The summed E-state index contributed by atoms with van der Waals surface area (Å²) in [6, 6.07) is 12.1. The summed E-state index contributed by atoms with van der Waals surface area (Å²) in [6.45, 7) is 0. The summed E-state index contributed by atoms with van der Waals surface area (Å²) in [6.07, 6.45) is 0.622. The number of aromatic nitrogens is 2. The molecule has 0 aliphatic carbocycles. The van der Waals surface area contributed by atoms with Crippen molar-refractivity contribution in [2.24, 2.45) is 0 Å². The van der Waals surface area contributed by atoms with E-state index in [1.807, 2.05) is 22.8 Å². The van der Waals surface area contributed by atoms with Gasteiger partial charge in [-0.1, -0.05) is 6.07 Å². The number of rotatable bonds is 4. The number of aryl methyl sites for hydroxylation is 1. The van der Waals surface area contributed by atoms with Crippen LogP contribution in [0.15, 0.2) is 42.5 Å². The molecule has 3 nitrogen and oxygen atoms in total. The van der Waals surface area contributed by atoms with Crippen molar-refractivity contribution >= 4 is 22.6 Å². The maximum absolute atomic E-state index is 13.1. The molecule has 0 aliphatic rings. The number of hydrogen-bond donors (Lipinski definition) is 0. The normalized spacial score (nSPS) is 11.0. The minimum Gasteiger partial charge on any atom is -0.494 e. The van der Waals surface area contributed by atoms with Gasteiger partial charge in [0.15, 0.2) is 0 Å². The zero-order valence-corrected chi connectivity index (χ0v) is 12.3. The smallest absolute Gasteiger partial charge is 0.146 e. The Kier molecular flexibility index (Phi) is 3.80. The third kappa shape index (κ3) is 2.47. The summed E-state index contributed by atoms with van der Waals surface area (Å²) >= 11 is 5.88. The second-order valence-corrected chi connectivity index (χ2v) is 4.98. The Labute approximate surface area is 126 Å². The molecular weight excluding hydrogens is 291 g/mol. The van der Waals surface area contributed by atoms with Gasteiger partial charge in [0.1, 0.15) is 22.9 Å². The molecule has 0 amide bonds. The average molecular weight is 305 g/mol. The second kappa shape index (κ2) is 5.74. The Balaban J connectivity index is 2.28. The van der Waals surface area contributed by atoms with Crippen molar-refractivity contribution < 1.29 is 9.13 Å². The molecule has 5 heteroatoms. The highest BCUT2D eigenvalue weighted by Gasteiger charge is 2.15. The number of fused-ring (bicyclic) bond motifs is 1. The van der Waals surface area contributed by atoms with Gasteiger partial charge in [-0.25, -0.2) is 9.37 Å². The van der Waals surface area contributed by atoms with E-state index in [0.717, 1.165) is 22.5 Å². The summed E-state index contributed by atoms with van der Waals surface area (Å²) in [5, 5.41) is 0. The molecule has 0 fully saturated rings. The van der Waals surface area contributed by atoms with Crippen LogP contribution in [0.2, 0.25) is 0 Å². The summed E-state index contributed by atoms with van der Waals surface area (Å²) in [5.74, 6) is 1.74. The number of hydrogen-bond acceptors (Lipinski definition) is 2. The van der Waals surface area contributed by atoms with Crippen molar-refractivity contribution in [1.82, 2.24) is 9.55 Å². The van der Waals surface area contributed by atoms with Gasteiger partial charge in [0.25, 0.3) is 0 Å². The van der Waals surface area contributed by atoms with Gasteiger partial charge < -0.3 is 4.74 Å². The molecule has 0 N–H and O–H groups in total. The fraction of sp³-hybridized carbons (Fsp3) is 0.188. The maximum Gasteiger partial charge on any atom is 0.146 e. The molecule has 1 aromatic heterocycles. The first-order valence-electron chi connectivity index (χ1n) is 6.61. The van der Waals surface area contributed by atoms with Crippen LogP contribution in [-0.2, 0) is 6.42 Å². The monoisotopic (exact) mass is 304 g/mol. The van der Waals surface area contributed by atoms with E-state index >= 15 is 0 Å². The molecule has 0 atom stereocenters. The summed E-state index contributed by atoms with van der Waals surface area (Å²) in [7, 11) is 1.62. The Morgan fingerprint density at radius 3 is 2.62 bits per heavy atom. The van der Waals surface area contributed by atoms with Crippen LogP contribution < -0.4 is 4.74 Å². The lowest BCUT2D eigenvalue weighted by molar-refractivity contribution is 0.419. The lowest BCUT2D eigenvalue weighted by atomic mass is 10.2. The Morgan fingerprint density at radius 2 is 1.95 bits per heavy atom. The highest BCUT2D eigenvalue weighted by Crippen LogP contribution is 2.28. The number of halogens is 2. The number of methoxy groups -OCH3 is 1. The lowest BCUT2D eigenvalue weighted by Gasteiger charge is -2.08. The van der Waals surface area contributed by atoms with E-state index in [1.54, 1.807) is 19.2 Å². The zero-order valence-electron chi connectivity index (χ0n) is 11.5. The van der Waals surface area contributed by atoms with Crippen LogP contribution in [-0.4, -0.2) is 22.5 Å². The number of ether oxygens (including phenoxy) is 1. The predicted molar refractivity (Wildman–Crippen MR) is 82.0 cm³/mol. The molecule has 108 valence electrons. The molecule has 0 spiro atoms. The summed E-state index contributed by atoms with van der Waals surface area (Å²) < 4.78 is 20.5. The molecule has 2 aromatic carbocycles. The van der Waals surface area contributed by atoms with Crippen molar-refractivity contribution in [1.29, 1.82) is 0 Å². The quantitative estimate of drug-likeness (QED) is 0.682. The molecule has 21 heavy (non-hydrogen) atoms. The highest BCUT2D eigenvalue weighted by molar-refractivity contribution is 6.18. The van der Waals surface area contributed by atoms with Gasteiger partial charge in [0.05, 0.1) is 12.6 Å². The van der Waals surface area contributed by atoms with E-state index in [4.69, 9.17) is 16.3 Å². The molecular formula is C16H14ClFN2O. The van der Waals surface area contributed by atoms with Gasteiger partial charge >= 0.3 is 0 Å². The van der Waals surface area contributed by atoms with Crippen molar-refractivity contribution in [2.45, 2.75) is 6.42 Å². The van der Waals surface area contributed by atoms with Crippen LogP contribution in [0.1, 0.15) is 5.82 Å². The van der Waals surface area contributed by atoms with Crippen LogP contribution >= 0.6 is 11.6 Å². The summed E-state index contributed by atoms with van der Waals surface area (Å²) in [5.41, 5.74) is 2.55. The third-order valence-corrected chi connectivity index (χ3v) is 3.53. The molecule has 3 rings (SSSR count). The van der Waals surface area contributed by atoms with E-state index in [1.165, 1.54) is 12.1 Å². The molecule has 3 aromatic rings. The van der Waals surface area contributed by atoms with Crippen molar-refractivity contribution in [3.8, 4) is 11.4 Å². The molecule has 0 radical (unpaired) electrons. The van der Waals surface area contributed by atoms with Crippen LogP contribution in [0, 0.1) is 5.82 Å². The Hall–Kier alpha value is -2.07. The van der Waals surface area contributed by atoms with Crippen LogP contribution in [0.3, 0.4) is 0 Å². The van der Waals surface area contributed by atoms with Crippen LogP contribution in [0.5, 0.6) is 5.75 Å². The average Bonchev–Trinajstić information content (AvgIpc) is 2.86. The van der Waals surface area contributed by atoms with Gasteiger partial charge in [-0.05, 0) is 36.4 Å². The SMILES string of the molecule is COc1cccc2c1nc(CCCl)n2-c1ccc(F)cc1. The van der Waals surface area contributed by atoms with Crippen molar-refractivity contribution in [3.63, 3.8) is 0 Å². The zero-order chi connectivity index (χ0) is 14.8. The molecule has 0 bridgehead atoms. The predicted octanol–water partition coefficient (Wildman–Crippen LogP) is 3.95. The minimum absolute atomic E-state index is 0.264. The third-order valence-electron chi connectivity index (χ3n) is 3.34. The highest BCUT2D eigenvalue weighted by atomic mass is 35.5. The molecule has 0 saturated carbocycles. The summed E-state index contributed by atoms with van der Waals surface area (Å²) in [4.78, 5) is 4.63. The fourth-order valence-corrected chi connectivity index (χ4v) is 2.59. The minimum atomic E-state index is -0.264. The number of benzene rings is 2. The van der Waals surface area contributed by atoms with Gasteiger partial charge in [0.2, 0.25) is 0 Å². The molecule has 1 heterocycles. The van der Waals surface area contributed by atoms with E-state index in [0.29, 0.717) is 18.1 Å². The molecule has 0 saturated heterocycles. The fourth-order valence-electron chi connectivity index (χ4n) is 2.42. The van der Waals surface area contributed by atoms with E-state index in [9.17, 15) is 4.39 Å². The van der Waals surface area contributed by atoms with Crippen molar-refractivity contribution in [3.05, 3.63) is 54.1 Å². The number of para-hydroxylation sites is 1. The first kappa shape index (κ1) is 13.9. The topological polar surface area (TPSA) is 27.1 Å². The Bertz CT molecular complexity index is 768. The van der Waals surface area contributed by atoms with Gasteiger partial charge in [-0.15, -0.1) is 11.6 Å². The van der Waals surface area contributed by atoms with E-state index in [-0.39, 0.29) is 5.82 Å². The van der Waals surface area contributed by atoms with Crippen molar-refractivity contribution in [2.75, 3.05) is 13.0 Å². The van der Waals surface area contributed by atoms with Gasteiger partial charge in [0, 0.05) is 18.0 Å². The Morgan fingerprint density at radius 1 is 1.19 bits per heavy atom. The molecule has 0 unspecified atom stereocenters. The van der Waals surface area contributed by atoms with Gasteiger partial charge in [-0.2, -0.15) is 0 Å². The van der Waals surface area contributed by atoms with Crippen LogP contribution in [0.25, 0.3) is 16.7 Å². The number of alkyl halides is 1. The largest absolute Gasteiger partial charge is 0.494 e. The standard InChI is InChI=1S/C16H14ClFN2O/c1-21-14-4-2-3-13-16(14)19-15(9-10-17)20(13)12-7-5-11(18)6-8-12/h2-8H,9-10H2,1H3. The number of nitrogens with zero attached hydrogens (tertiary/aromatic N) is 2. The van der Waals surface area contributed by atoms with Crippen LogP contribution in [0.4, 0.5) is 4.39 Å². The second-order valence-electron chi connectivity index (χ2n) is 4.61. The van der Waals surface area contributed by atoms with Gasteiger partial charge in [-0.3, -0.25) is 4.57 Å². The molecule has 0 aliphatic heterocycles.